The van der Waals surface area contributed by atoms with E-state index in [2.05, 4.69) is 5.92 Å². The number of terminal acetylenes is 1. The molecule has 0 aromatic carbocycles. The van der Waals surface area contributed by atoms with Gasteiger partial charge in [0.2, 0.25) is 0 Å². The smallest absolute Gasteiger partial charge is 0.331 e. The van der Waals surface area contributed by atoms with E-state index in [0.29, 0.717) is 17.8 Å². The molecule has 0 heterocycles. The monoisotopic (exact) mass is 232 g/mol. The summed E-state index contributed by atoms with van der Waals surface area (Å²) in [5, 5.41) is 0. The van der Waals surface area contributed by atoms with Crippen LogP contribution in [0.4, 0.5) is 0 Å². The standard InChI is InChI=1S/C15H20O2/c1-5-10-6-11-8-12(13(11)7-10)9-14(16)17-15(2,3)4/h1,9-11,13H,6-8H2,2-4H3/b12-9-/t10-,11-,13-/m1/s1. The quantitative estimate of drug-likeness (QED) is 0.395. The first-order valence-electron chi connectivity index (χ1n) is 6.28. The van der Waals surface area contributed by atoms with Gasteiger partial charge in [0, 0.05) is 12.0 Å². The Morgan fingerprint density at radius 3 is 2.76 bits per heavy atom. The Balaban J connectivity index is 1.94. The molecule has 0 aliphatic heterocycles. The van der Waals surface area contributed by atoms with E-state index >= 15 is 0 Å². The summed E-state index contributed by atoms with van der Waals surface area (Å²) in [5.74, 6) is 4.29. The van der Waals surface area contributed by atoms with Crippen molar-refractivity contribution in [2.45, 2.75) is 45.6 Å². The Hall–Kier alpha value is -1.23. The van der Waals surface area contributed by atoms with E-state index in [0.717, 1.165) is 19.3 Å². The van der Waals surface area contributed by atoms with Crippen LogP contribution in [0.2, 0.25) is 0 Å². The SMILES string of the molecule is C#C[C@@H]1C[C@@H]2C/C(=C/C(=O)OC(C)(C)C)[C@@H]2C1. The average Bonchev–Trinajstić information content (AvgIpc) is 2.49. The Morgan fingerprint density at radius 1 is 1.47 bits per heavy atom. The minimum Gasteiger partial charge on any atom is -0.457 e. The van der Waals surface area contributed by atoms with Gasteiger partial charge >= 0.3 is 5.97 Å². The fraction of sp³-hybridized carbons (Fsp3) is 0.667. The molecule has 2 nitrogen and oxygen atoms in total. The van der Waals surface area contributed by atoms with E-state index in [-0.39, 0.29) is 5.97 Å². The van der Waals surface area contributed by atoms with Crippen LogP contribution in [-0.2, 0) is 9.53 Å². The largest absolute Gasteiger partial charge is 0.457 e. The topological polar surface area (TPSA) is 26.3 Å². The van der Waals surface area contributed by atoms with Crippen LogP contribution in [0, 0.1) is 30.1 Å². The van der Waals surface area contributed by atoms with Gasteiger partial charge in [0.15, 0.2) is 0 Å². The lowest BCUT2D eigenvalue weighted by Crippen LogP contribution is -2.27. The zero-order valence-electron chi connectivity index (χ0n) is 10.8. The Kier molecular flexibility index (Phi) is 3.03. The molecule has 0 aromatic rings. The molecule has 0 amide bonds. The van der Waals surface area contributed by atoms with Crippen LogP contribution < -0.4 is 0 Å². The lowest BCUT2D eigenvalue weighted by molar-refractivity contribution is -0.148. The molecule has 0 spiro atoms. The summed E-state index contributed by atoms with van der Waals surface area (Å²) in [6.45, 7) is 5.66. The van der Waals surface area contributed by atoms with Crippen molar-refractivity contribution in [3.8, 4) is 12.3 Å². The van der Waals surface area contributed by atoms with E-state index < -0.39 is 5.60 Å². The van der Waals surface area contributed by atoms with Gasteiger partial charge in [-0.1, -0.05) is 5.57 Å². The number of carbonyl (C=O) groups excluding carboxylic acids is 1. The van der Waals surface area contributed by atoms with Crippen LogP contribution in [0.15, 0.2) is 11.6 Å². The minimum absolute atomic E-state index is 0.213. The van der Waals surface area contributed by atoms with Crippen LogP contribution in [0.1, 0.15) is 40.0 Å². The predicted octanol–water partition coefficient (Wildman–Crippen LogP) is 2.93. The fourth-order valence-corrected chi connectivity index (χ4v) is 2.88. The van der Waals surface area contributed by atoms with E-state index in [4.69, 9.17) is 11.2 Å². The second-order valence-electron chi connectivity index (χ2n) is 6.16. The number of allylic oxidation sites excluding steroid dienone is 1. The van der Waals surface area contributed by atoms with Gasteiger partial charge in [0.25, 0.3) is 0 Å². The molecule has 2 saturated carbocycles. The van der Waals surface area contributed by atoms with Crippen molar-refractivity contribution in [1.82, 2.24) is 0 Å². The summed E-state index contributed by atoms with van der Waals surface area (Å²) in [6, 6.07) is 0. The van der Waals surface area contributed by atoms with Crippen molar-refractivity contribution in [3.05, 3.63) is 11.6 Å². The third-order valence-corrected chi connectivity index (χ3v) is 3.61. The maximum atomic E-state index is 11.7. The average molecular weight is 232 g/mol. The van der Waals surface area contributed by atoms with Crippen molar-refractivity contribution in [1.29, 1.82) is 0 Å². The normalized spacial score (nSPS) is 33.8. The fourth-order valence-electron chi connectivity index (χ4n) is 2.88. The molecule has 2 aliphatic carbocycles. The second-order valence-corrected chi connectivity index (χ2v) is 6.16. The molecule has 2 fully saturated rings. The third kappa shape index (κ3) is 2.72. The molecular formula is C15H20O2. The van der Waals surface area contributed by atoms with Gasteiger partial charge in [0.05, 0.1) is 0 Å². The highest BCUT2D eigenvalue weighted by molar-refractivity contribution is 5.83. The maximum absolute atomic E-state index is 11.7. The van der Waals surface area contributed by atoms with Crippen LogP contribution in [0.25, 0.3) is 0 Å². The van der Waals surface area contributed by atoms with Gasteiger partial charge < -0.3 is 4.74 Å². The Bertz CT molecular complexity index is 392. The molecule has 0 N–H and O–H groups in total. The molecule has 0 aromatic heterocycles. The minimum atomic E-state index is -0.408. The van der Waals surface area contributed by atoms with Crippen LogP contribution in [0.5, 0.6) is 0 Å². The first kappa shape index (κ1) is 12.2. The van der Waals surface area contributed by atoms with E-state index in [1.807, 2.05) is 20.8 Å². The summed E-state index contributed by atoms with van der Waals surface area (Å²) < 4.78 is 5.29. The second kappa shape index (κ2) is 4.22. The summed E-state index contributed by atoms with van der Waals surface area (Å²) >= 11 is 0. The molecule has 0 unspecified atom stereocenters. The van der Waals surface area contributed by atoms with Crippen LogP contribution >= 0.6 is 0 Å². The molecule has 2 aliphatic rings. The number of hydrogen-bond donors (Lipinski definition) is 0. The highest BCUT2D eigenvalue weighted by Crippen LogP contribution is 2.52. The molecule has 0 bridgehead atoms. The molecule has 0 saturated heterocycles. The number of ether oxygens (including phenoxy) is 1. The first-order valence-corrected chi connectivity index (χ1v) is 6.28. The molecule has 92 valence electrons. The Labute approximate surface area is 103 Å². The maximum Gasteiger partial charge on any atom is 0.331 e. The molecule has 17 heavy (non-hydrogen) atoms. The predicted molar refractivity (Wildman–Crippen MR) is 67.1 cm³/mol. The summed E-state index contributed by atoms with van der Waals surface area (Å²) in [6.07, 6.45) is 10.4. The van der Waals surface area contributed by atoms with Crippen molar-refractivity contribution >= 4 is 5.97 Å². The number of rotatable bonds is 1. The van der Waals surface area contributed by atoms with E-state index in [9.17, 15) is 4.79 Å². The summed E-state index contributed by atoms with van der Waals surface area (Å²) in [7, 11) is 0. The highest BCUT2D eigenvalue weighted by Gasteiger charge is 2.43. The summed E-state index contributed by atoms with van der Waals surface area (Å²) in [4.78, 5) is 11.7. The molecule has 2 heteroatoms. The first-order chi connectivity index (χ1) is 7.89. The van der Waals surface area contributed by atoms with Crippen LogP contribution in [-0.4, -0.2) is 11.6 Å². The Morgan fingerprint density at radius 2 is 2.18 bits per heavy atom. The molecule has 2 rings (SSSR count). The van der Waals surface area contributed by atoms with Gasteiger partial charge in [-0.3, -0.25) is 0 Å². The van der Waals surface area contributed by atoms with Crippen molar-refractivity contribution in [3.63, 3.8) is 0 Å². The van der Waals surface area contributed by atoms with Crippen molar-refractivity contribution in [2.24, 2.45) is 17.8 Å². The van der Waals surface area contributed by atoms with Gasteiger partial charge in [-0.15, -0.1) is 12.3 Å². The van der Waals surface area contributed by atoms with E-state index in [1.54, 1.807) is 6.08 Å². The van der Waals surface area contributed by atoms with Crippen molar-refractivity contribution < 1.29 is 9.53 Å². The van der Waals surface area contributed by atoms with Crippen LogP contribution in [0.3, 0.4) is 0 Å². The summed E-state index contributed by atoms with van der Waals surface area (Å²) in [5.41, 5.74) is 0.830. The molecule has 0 radical (unpaired) electrons. The van der Waals surface area contributed by atoms with Gasteiger partial charge in [-0.05, 0) is 51.9 Å². The van der Waals surface area contributed by atoms with Gasteiger partial charge in [-0.2, -0.15) is 0 Å². The van der Waals surface area contributed by atoms with Gasteiger partial charge in [-0.25, -0.2) is 4.79 Å². The number of fused-ring (bicyclic) bond motifs is 1. The lowest BCUT2D eigenvalue weighted by atomic mass is 9.71. The lowest BCUT2D eigenvalue weighted by Gasteiger charge is -2.34. The highest BCUT2D eigenvalue weighted by atomic mass is 16.6. The number of esters is 1. The van der Waals surface area contributed by atoms with E-state index in [1.165, 1.54) is 5.57 Å². The molecular weight excluding hydrogens is 212 g/mol. The molecule has 3 atom stereocenters. The van der Waals surface area contributed by atoms with Gasteiger partial charge in [0.1, 0.15) is 5.60 Å². The zero-order chi connectivity index (χ0) is 12.6. The number of hydrogen-bond acceptors (Lipinski definition) is 2. The zero-order valence-corrected chi connectivity index (χ0v) is 10.8. The third-order valence-electron chi connectivity index (χ3n) is 3.61. The number of carbonyl (C=O) groups is 1. The van der Waals surface area contributed by atoms with Crippen molar-refractivity contribution in [2.75, 3.05) is 0 Å².